The van der Waals surface area contributed by atoms with E-state index in [-0.39, 0.29) is 6.54 Å². The number of hydrogen-bond donors (Lipinski definition) is 0. The second kappa shape index (κ2) is 5.39. The molecule has 0 bridgehead atoms. The first-order chi connectivity index (χ1) is 9.03. The summed E-state index contributed by atoms with van der Waals surface area (Å²) in [6.07, 6.45) is 2.26. The van der Waals surface area contributed by atoms with Crippen molar-refractivity contribution in [2.45, 2.75) is 18.4 Å². The molecule has 0 spiro atoms. The molecule has 4 nitrogen and oxygen atoms in total. The molecule has 0 aliphatic heterocycles. The fraction of sp³-hybridized carbons (Fsp3) is 0.385. The lowest BCUT2D eigenvalue weighted by Crippen LogP contribution is -2.38. The van der Waals surface area contributed by atoms with Gasteiger partial charge in [-0.25, -0.2) is 0 Å². The number of esters is 1. The molecule has 0 radical (unpaired) electrons. The van der Waals surface area contributed by atoms with E-state index in [9.17, 15) is 9.59 Å². The minimum atomic E-state index is -0.454. The van der Waals surface area contributed by atoms with Crippen molar-refractivity contribution in [2.75, 3.05) is 13.7 Å². The monoisotopic (exact) mass is 301 g/mol. The molecule has 0 aromatic heterocycles. The molecule has 1 amide bonds. The Morgan fingerprint density at radius 1 is 1.42 bits per heavy atom. The Morgan fingerprint density at radius 3 is 2.58 bits per heavy atom. The lowest BCUT2D eigenvalue weighted by molar-refractivity contribution is -0.145. The number of rotatable bonds is 5. The van der Waals surface area contributed by atoms with E-state index in [1.165, 1.54) is 12.0 Å². The number of benzene rings is 1. The maximum absolute atomic E-state index is 11.3. The van der Waals surface area contributed by atoms with Crippen LogP contribution in [0.5, 0.6) is 0 Å². The highest BCUT2D eigenvalue weighted by atomic mass is 35.5. The third-order valence-electron chi connectivity index (χ3n) is 3.38. The van der Waals surface area contributed by atoms with Crippen molar-refractivity contribution in [3.8, 4) is 0 Å². The van der Waals surface area contributed by atoms with Gasteiger partial charge in [0.1, 0.15) is 6.54 Å². The van der Waals surface area contributed by atoms with Crippen molar-refractivity contribution in [1.29, 1.82) is 0 Å². The first-order valence-electron chi connectivity index (χ1n) is 5.78. The molecule has 0 unspecified atom stereocenters. The van der Waals surface area contributed by atoms with Crippen LogP contribution >= 0.6 is 23.2 Å². The van der Waals surface area contributed by atoms with Gasteiger partial charge in [0.2, 0.25) is 6.41 Å². The maximum Gasteiger partial charge on any atom is 0.325 e. The van der Waals surface area contributed by atoms with Crippen LogP contribution < -0.4 is 0 Å². The van der Waals surface area contributed by atoms with Gasteiger partial charge in [-0.05, 0) is 30.5 Å². The van der Waals surface area contributed by atoms with Crippen LogP contribution in [-0.4, -0.2) is 30.9 Å². The van der Waals surface area contributed by atoms with Crippen molar-refractivity contribution < 1.29 is 14.3 Å². The predicted octanol–water partition coefficient (Wildman–Crippen LogP) is 2.61. The van der Waals surface area contributed by atoms with E-state index in [0.717, 1.165) is 18.4 Å². The van der Waals surface area contributed by atoms with Crippen LogP contribution in [0.25, 0.3) is 0 Å². The van der Waals surface area contributed by atoms with Crippen LogP contribution in [0.15, 0.2) is 18.2 Å². The first kappa shape index (κ1) is 14.2. The minimum Gasteiger partial charge on any atom is -0.468 e. The Hall–Kier alpha value is -1.26. The molecule has 1 saturated carbocycles. The molecule has 1 aromatic rings. The third kappa shape index (κ3) is 2.69. The Bertz CT molecular complexity index is 515. The van der Waals surface area contributed by atoms with E-state index >= 15 is 0 Å². The predicted molar refractivity (Wildman–Crippen MR) is 72.2 cm³/mol. The fourth-order valence-corrected chi connectivity index (χ4v) is 2.44. The molecular formula is C13H13Cl2NO3. The summed E-state index contributed by atoms with van der Waals surface area (Å²) in [4.78, 5) is 24.0. The molecule has 0 N–H and O–H groups in total. The summed E-state index contributed by atoms with van der Waals surface area (Å²) in [6.45, 7) is -0.0692. The van der Waals surface area contributed by atoms with Crippen LogP contribution in [0.2, 0.25) is 10.0 Å². The number of amides is 1. The van der Waals surface area contributed by atoms with Crippen molar-refractivity contribution in [1.82, 2.24) is 4.90 Å². The first-order valence-corrected chi connectivity index (χ1v) is 6.53. The molecule has 1 aliphatic rings. The Morgan fingerprint density at radius 2 is 2.11 bits per heavy atom. The SMILES string of the molecule is COC(=O)CN(C=O)C1(c2ccc(Cl)c(Cl)c2)CC1. The van der Waals surface area contributed by atoms with Gasteiger partial charge in [0.05, 0.1) is 22.7 Å². The second-order valence-corrected chi connectivity index (χ2v) is 5.28. The number of hydrogen-bond acceptors (Lipinski definition) is 3. The van der Waals surface area contributed by atoms with Crippen LogP contribution in [0, 0.1) is 0 Å². The van der Waals surface area contributed by atoms with E-state index in [4.69, 9.17) is 23.2 Å². The minimum absolute atomic E-state index is 0.0692. The van der Waals surface area contributed by atoms with Crippen molar-refractivity contribution >= 4 is 35.6 Å². The van der Waals surface area contributed by atoms with Gasteiger partial charge in [-0.2, -0.15) is 0 Å². The van der Waals surface area contributed by atoms with E-state index in [2.05, 4.69) is 4.74 Å². The molecule has 1 fully saturated rings. The number of carbonyl (C=O) groups excluding carboxylic acids is 2. The summed E-state index contributed by atoms with van der Waals surface area (Å²) >= 11 is 11.9. The summed E-state index contributed by atoms with van der Waals surface area (Å²) in [5, 5.41) is 0.904. The fourth-order valence-electron chi connectivity index (χ4n) is 2.14. The number of halogens is 2. The zero-order valence-electron chi connectivity index (χ0n) is 10.4. The molecule has 0 heterocycles. The second-order valence-electron chi connectivity index (χ2n) is 4.47. The average molecular weight is 302 g/mol. The Balaban J connectivity index is 2.27. The Kier molecular flexibility index (Phi) is 4.02. The van der Waals surface area contributed by atoms with Gasteiger partial charge >= 0.3 is 5.97 Å². The molecule has 1 aliphatic carbocycles. The molecule has 2 rings (SSSR count). The number of ether oxygens (including phenoxy) is 1. The van der Waals surface area contributed by atoms with Crippen molar-refractivity contribution in [3.63, 3.8) is 0 Å². The Labute approximate surface area is 121 Å². The molecular weight excluding hydrogens is 289 g/mol. The highest BCUT2D eigenvalue weighted by Gasteiger charge is 2.50. The quantitative estimate of drug-likeness (QED) is 0.620. The molecule has 19 heavy (non-hydrogen) atoms. The molecule has 6 heteroatoms. The lowest BCUT2D eigenvalue weighted by atomic mass is 10.0. The molecule has 0 atom stereocenters. The van der Waals surface area contributed by atoms with Crippen molar-refractivity contribution in [3.05, 3.63) is 33.8 Å². The maximum atomic E-state index is 11.3. The smallest absolute Gasteiger partial charge is 0.325 e. The number of methoxy groups -OCH3 is 1. The molecule has 102 valence electrons. The van der Waals surface area contributed by atoms with E-state index in [1.807, 2.05) is 6.07 Å². The summed E-state index contributed by atoms with van der Waals surface area (Å²) < 4.78 is 4.60. The van der Waals surface area contributed by atoms with Gasteiger partial charge in [0, 0.05) is 0 Å². The van der Waals surface area contributed by atoms with Gasteiger partial charge in [0.25, 0.3) is 0 Å². The number of carbonyl (C=O) groups is 2. The topological polar surface area (TPSA) is 46.6 Å². The van der Waals surface area contributed by atoms with E-state index in [0.29, 0.717) is 16.5 Å². The zero-order chi connectivity index (χ0) is 14.0. The van der Waals surface area contributed by atoms with Crippen molar-refractivity contribution in [2.24, 2.45) is 0 Å². The summed E-state index contributed by atoms with van der Waals surface area (Å²) in [7, 11) is 1.30. The lowest BCUT2D eigenvalue weighted by Gasteiger charge is -2.28. The van der Waals surface area contributed by atoms with E-state index < -0.39 is 11.5 Å². The summed E-state index contributed by atoms with van der Waals surface area (Å²) in [5.41, 5.74) is 0.433. The highest BCUT2D eigenvalue weighted by Crippen LogP contribution is 2.51. The van der Waals surface area contributed by atoms with Crippen LogP contribution in [0.3, 0.4) is 0 Å². The largest absolute Gasteiger partial charge is 0.468 e. The molecule has 1 aromatic carbocycles. The van der Waals surface area contributed by atoms with Gasteiger partial charge in [-0.1, -0.05) is 29.3 Å². The van der Waals surface area contributed by atoms with E-state index in [1.54, 1.807) is 12.1 Å². The van der Waals surface area contributed by atoms with Crippen LogP contribution in [0.1, 0.15) is 18.4 Å². The number of nitrogens with zero attached hydrogens (tertiary/aromatic N) is 1. The van der Waals surface area contributed by atoms with Gasteiger partial charge < -0.3 is 9.64 Å². The normalized spacial score (nSPS) is 15.7. The third-order valence-corrected chi connectivity index (χ3v) is 4.12. The van der Waals surface area contributed by atoms with Gasteiger partial charge in [-0.15, -0.1) is 0 Å². The average Bonchev–Trinajstić information content (AvgIpc) is 3.20. The molecule has 0 saturated heterocycles. The summed E-state index contributed by atoms with van der Waals surface area (Å²) in [5.74, 6) is -0.446. The zero-order valence-corrected chi connectivity index (χ0v) is 11.9. The van der Waals surface area contributed by atoms with Crippen LogP contribution in [0.4, 0.5) is 0 Å². The van der Waals surface area contributed by atoms with Gasteiger partial charge in [-0.3, -0.25) is 9.59 Å². The highest BCUT2D eigenvalue weighted by molar-refractivity contribution is 6.42. The van der Waals surface area contributed by atoms with Crippen LogP contribution in [-0.2, 0) is 19.9 Å². The standard InChI is InChI=1S/C13H13Cl2NO3/c1-19-12(18)7-16(8-17)13(4-5-13)9-2-3-10(14)11(15)6-9/h2-3,6,8H,4-5,7H2,1H3. The van der Waals surface area contributed by atoms with Gasteiger partial charge in [0.15, 0.2) is 0 Å². The summed E-state index contributed by atoms with van der Waals surface area (Å²) in [6, 6.07) is 5.26.